The number of carbonyl (C=O) groups is 2. The highest BCUT2D eigenvalue weighted by Crippen LogP contribution is 2.28. The predicted octanol–water partition coefficient (Wildman–Crippen LogP) is 2.84. The van der Waals surface area contributed by atoms with E-state index in [0.29, 0.717) is 36.8 Å². The topological polar surface area (TPSA) is 65.1 Å². The monoisotopic (exact) mass is 369 g/mol. The van der Waals surface area contributed by atoms with E-state index in [1.54, 1.807) is 23.1 Å². The molecule has 0 fully saturated rings. The third-order valence-corrected chi connectivity index (χ3v) is 4.51. The van der Waals surface area contributed by atoms with Crippen LogP contribution in [0.5, 0.6) is 11.5 Å². The first-order valence-corrected chi connectivity index (χ1v) is 8.95. The summed E-state index contributed by atoms with van der Waals surface area (Å²) < 4.78 is 15.9. The van der Waals surface area contributed by atoms with Gasteiger partial charge in [-0.2, -0.15) is 0 Å². The Morgan fingerprint density at radius 1 is 1.07 bits per heavy atom. The quantitative estimate of drug-likeness (QED) is 0.733. The zero-order chi connectivity index (χ0) is 19.2. The first kappa shape index (κ1) is 18.8. The van der Waals surface area contributed by atoms with Crippen LogP contribution in [-0.4, -0.2) is 43.6 Å². The van der Waals surface area contributed by atoms with E-state index in [-0.39, 0.29) is 12.5 Å². The Balaban J connectivity index is 1.59. The molecule has 0 atom stereocenters. The number of esters is 1. The molecular weight excluding hydrogens is 346 g/mol. The molecule has 0 spiro atoms. The minimum Gasteiger partial charge on any atom is -0.493 e. The lowest BCUT2D eigenvalue weighted by Crippen LogP contribution is -2.38. The highest BCUT2D eigenvalue weighted by Gasteiger charge is 2.22. The van der Waals surface area contributed by atoms with Gasteiger partial charge in [-0.15, -0.1) is 0 Å². The SMILES string of the molecule is CCOc1cc(C(=O)OCC(=O)N2CCc3ccccc3C2)ccc1OC. The molecule has 0 N–H and O–H groups in total. The molecule has 0 aliphatic carbocycles. The van der Waals surface area contributed by atoms with E-state index >= 15 is 0 Å². The second-order valence-corrected chi connectivity index (χ2v) is 6.21. The molecule has 0 unspecified atom stereocenters. The van der Waals surface area contributed by atoms with Crippen LogP contribution in [0.1, 0.15) is 28.4 Å². The van der Waals surface area contributed by atoms with Crippen molar-refractivity contribution in [3.63, 3.8) is 0 Å². The molecule has 1 heterocycles. The van der Waals surface area contributed by atoms with Gasteiger partial charge < -0.3 is 19.1 Å². The predicted molar refractivity (Wildman–Crippen MR) is 100 cm³/mol. The number of carbonyl (C=O) groups excluding carboxylic acids is 2. The normalized spacial score (nSPS) is 12.9. The smallest absolute Gasteiger partial charge is 0.338 e. The lowest BCUT2D eigenvalue weighted by Gasteiger charge is -2.28. The lowest BCUT2D eigenvalue weighted by atomic mass is 10.00. The van der Waals surface area contributed by atoms with Gasteiger partial charge >= 0.3 is 5.97 Å². The molecule has 2 aromatic carbocycles. The third-order valence-electron chi connectivity index (χ3n) is 4.51. The summed E-state index contributed by atoms with van der Waals surface area (Å²) in [6, 6.07) is 12.9. The molecule has 27 heavy (non-hydrogen) atoms. The fourth-order valence-electron chi connectivity index (χ4n) is 3.08. The summed E-state index contributed by atoms with van der Waals surface area (Å²) in [6.45, 7) is 3.19. The van der Waals surface area contributed by atoms with Crippen molar-refractivity contribution < 1.29 is 23.8 Å². The molecule has 1 aliphatic rings. The van der Waals surface area contributed by atoms with Crippen LogP contribution in [0, 0.1) is 0 Å². The van der Waals surface area contributed by atoms with Crippen LogP contribution in [0.3, 0.4) is 0 Å². The summed E-state index contributed by atoms with van der Waals surface area (Å²) in [4.78, 5) is 26.4. The fraction of sp³-hybridized carbons (Fsp3) is 0.333. The molecule has 0 aromatic heterocycles. The zero-order valence-electron chi connectivity index (χ0n) is 15.6. The van der Waals surface area contributed by atoms with Crippen molar-refractivity contribution in [2.24, 2.45) is 0 Å². The van der Waals surface area contributed by atoms with Gasteiger partial charge in [0.1, 0.15) is 0 Å². The van der Waals surface area contributed by atoms with Crippen molar-refractivity contribution in [2.45, 2.75) is 19.9 Å². The molecule has 142 valence electrons. The van der Waals surface area contributed by atoms with Gasteiger partial charge in [0, 0.05) is 13.1 Å². The zero-order valence-corrected chi connectivity index (χ0v) is 15.6. The van der Waals surface area contributed by atoms with E-state index < -0.39 is 5.97 Å². The van der Waals surface area contributed by atoms with Crippen LogP contribution in [0.4, 0.5) is 0 Å². The molecular formula is C21H23NO5. The van der Waals surface area contributed by atoms with Gasteiger partial charge in [0.05, 0.1) is 19.3 Å². The van der Waals surface area contributed by atoms with Gasteiger partial charge in [0.2, 0.25) is 0 Å². The molecule has 6 heteroatoms. The largest absolute Gasteiger partial charge is 0.493 e. The van der Waals surface area contributed by atoms with Crippen LogP contribution >= 0.6 is 0 Å². The average molecular weight is 369 g/mol. The number of rotatable bonds is 6. The number of nitrogens with zero attached hydrogens (tertiary/aromatic N) is 1. The van der Waals surface area contributed by atoms with Gasteiger partial charge in [0.15, 0.2) is 18.1 Å². The standard InChI is InChI=1S/C21H23NO5/c1-3-26-19-12-16(8-9-18(19)25-2)21(24)27-14-20(23)22-11-10-15-6-4-5-7-17(15)13-22/h4-9,12H,3,10-11,13-14H2,1-2H3. The summed E-state index contributed by atoms with van der Waals surface area (Å²) in [7, 11) is 1.53. The molecule has 2 aromatic rings. The van der Waals surface area contributed by atoms with Crippen LogP contribution in [0.2, 0.25) is 0 Å². The fourth-order valence-corrected chi connectivity index (χ4v) is 3.08. The van der Waals surface area contributed by atoms with E-state index in [2.05, 4.69) is 6.07 Å². The second kappa shape index (κ2) is 8.58. The van der Waals surface area contributed by atoms with Gasteiger partial charge in [-0.1, -0.05) is 24.3 Å². The van der Waals surface area contributed by atoms with E-state index in [1.165, 1.54) is 12.7 Å². The molecule has 0 saturated carbocycles. The Kier molecular flexibility index (Phi) is 5.96. The number of benzene rings is 2. The van der Waals surface area contributed by atoms with Gasteiger partial charge in [-0.3, -0.25) is 4.79 Å². The van der Waals surface area contributed by atoms with Crippen molar-refractivity contribution in [3.8, 4) is 11.5 Å². The maximum Gasteiger partial charge on any atom is 0.338 e. The second-order valence-electron chi connectivity index (χ2n) is 6.21. The Labute approximate surface area is 158 Å². The maximum atomic E-state index is 12.4. The van der Waals surface area contributed by atoms with E-state index in [9.17, 15) is 9.59 Å². The van der Waals surface area contributed by atoms with E-state index in [4.69, 9.17) is 14.2 Å². The van der Waals surface area contributed by atoms with Crippen molar-refractivity contribution >= 4 is 11.9 Å². The van der Waals surface area contributed by atoms with Crippen molar-refractivity contribution in [1.82, 2.24) is 4.90 Å². The van der Waals surface area contributed by atoms with Crippen molar-refractivity contribution in [3.05, 3.63) is 59.2 Å². The van der Waals surface area contributed by atoms with Crippen LogP contribution < -0.4 is 9.47 Å². The van der Waals surface area contributed by atoms with E-state index in [1.807, 2.05) is 25.1 Å². The number of amides is 1. The number of fused-ring (bicyclic) bond motifs is 1. The molecule has 1 amide bonds. The first-order valence-electron chi connectivity index (χ1n) is 8.95. The van der Waals surface area contributed by atoms with E-state index in [0.717, 1.165) is 12.0 Å². The Morgan fingerprint density at radius 2 is 1.85 bits per heavy atom. The molecule has 1 aliphatic heterocycles. The molecule has 0 radical (unpaired) electrons. The Bertz CT molecular complexity index is 833. The highest BCUT2D eigenvalue weighted by molar-refractivity contribution is 5.92. The summed E-state index contributed by atoms with van der Waals surface area (Å²) in [5.74, 6) is 0.241. The van der Waals surface area contributed by atoms with Crippen LogP contribution in [-0.2, 0) is 22.5 Å². The third kappa shape index (κ3) is 4.39. The maximum absolute atomic E-state index is 12.4. The molecule has 0 bridgehead atoms. The average Bonchev–Trinajstić information content (AvgIpc) is 2.71. The molecule has 6 nitrogen and oxygen atoms in total. The van der Waals surface area contributed by atoms with Gasteiger partial charge in [-0.05, 0) is 42.7 Å². The lowest BCUT2D eigenvalue weighted by molar-refractivity contribution is -0.135. The first-order chi connectivity index (χ1) is 13.1. The summed E-state index contributed by atoms with van der Waals surface area (Å²) in [6.07, 6.45) is 0.812. The summed E-state index contributed by atoms with van der Waals surface area (Å²) in [5, 5.41) is 0. The Hall–Kier alpha value is -3.02. The van der Waals surface area contributed by atoms with Crippen molar-refractivity contribution in [2.75, 3.05) is 26.9 Å². The van der Waals surface area contributed by atoms with Crippen molar-refractivity contribution in [1.29, 1.82) is 0 Å². The van der Waals surface area contributed by atoms with Gasteiger partial charge in [-0.25, -0.2) is 4.79 Å². The summed E-state index contributed by atoms with van der Waals surface area (Å²) >= 11 is 0. The van der Waals surface area contributed by atoms with Crippen LogP contribution in [0.25, 0.3) is 0 Å². The number of hydrogen-bond donors (Lipinski definition) is 0. The van der Waals surface area contributed by atoms with Crippen LogP contribution in [0.15, 0.2) is 42.5 Å². The minimum atomic E-state index is -0.565. The number of ether oxygens (including phenoxy) is 3. The summed E-state index contributed by atoms with van der Waals surface area (Å²) in [5.41, 5.74) is 2.72. The minimum absolute atomic E-state index is 0.198. The number of hydrogen-bond acceptors (Lipinski definition) is 5. The Morgan fingerprint density at radius 3 is 2.59 bits per heavy atom. The molecule has 0 saturated heterocycles. The highest BCUT2D eigenvalue weighted by atomic mass is 16.5. The number of methoxy groups -OCH3 is 1. The molecule has 3 rings (SSSR count). The van der Waals surface area contributed by atoms with Gasteiger partial charge in [0.25, 0.3) is 5.91 Å².